The number of nitrogens with two attached hydrogens (primary N) is 1. The molecule has 11 heteroatoms. The number of esters is 1. The van der Waals surface area contributed by atoms with E-state index in [0.29, 0.717) is 22.1 Å². The van der Waals surface area contributed by atoms with Gasteiger partial charge in [-0.05, 0) is 25.8 Å². The van der Waals surface area contributed by atoms with Gasteiger partial charge in [0.05, 0.1) is 24.5 Å². The van der Waals surface area contributed by atoms with Crippen LogP contribution in [-0.4, -0.2) is 39.5 Å². The molecule has 27 heavy (non-hydrogen) atoms. The van der Waals surface area contributed by atoms with E-state index < -0.39 is 12.0 Å². The molecule has 0 saturated heterocycles. The Morgan fingerprint density at radius 2 is 2.15 bits per heavy atom. The zero-order valence-electron chi connectivity index (χ0n) is 15.4. The second-order valence-electron chi connectivity index (χ2n) is 5.55. The lowest BCUT2D eigenvalue weighted by Crippen LogP contribution is -2.27. The number of aromatic nitrogens is 3. The van der Waals surface area contributed by atoms with Crippen LogP contribution in [0, 0.1) is 25.2 Å². The predicted molar refractivity (Wildman–Crippen MR) is 104 cm³/mol. The first-order valence-corrected chi connectivity index (χ1v) is 9.85. The van der Waals surface area contributed by atoms with E-state index in [-0.39, 0.29) is 17.6 Å². The molecule has 9 nitrogen and oxygen atoms in total. The van der Waals surface area contributed by atoms with Crippen molar-refractivity contribution < 1.29 is 14.3 Å². The third-order valence-corrected chi connectivity index (χ3v) is 5.90. The lowest BCUT2D eigenvalue weighted by atomic mass is 10.1. The molecular formula is C16H20N6O3S2. The van der Waals surface area contributed by atoms with Gasteiger partial charge in [0.15, 0.2) is 5.16 Å². The number of nitrogens with one attached hydrogen (secondary N) is 1. The van der Waals surface area contributed by atoms with E-state index in [1.54, 1.807) is 6.92 Å². The zero-order chi connectivity index (χ0) is 20.1. The molecule has 0 fully saturated rings. The van der Waals surface area contributed by atoms with Crippen molar-refractivity contribution in [3.63, 3.8) is 0 Å². The van der Waals surface area contributed by atoms with Crippen LogP contribution in [0.4, 0.5) is 10.9 Å². The van der Waals surface area contributed by atoms with Gasteiger partial charge in [-0.3, -0.25) is 9.36 Å². The molecule has 1 amide bonds. The van der Waals surface area contributed by atoms with Gasteiger partial charge in [-0.1, -0.05) is 18.7 Å². The monoisotopic (exact) mass is 408 g/mol. The van der Waals surface area contributed by atoms with E-state index >= 15 is 0 Å². The van der Waals surface area contributed by atoms with E-state index in [1.165, 1.54) is 23.0 Å². The second kappa shape index (κ2) is 8.88. The summed E-state index contributed by atoms with van der Waals surface area (Å²) in [5.74, 6) is -0.612. The van der Waals surface area contributed by atoms with Crippen LogP contribution in [0.25, 0.3) is 0 Å². The maximum absolute atomic E-state index is 12.9. The van der Waals surface area contributed by atoms with E-state index in [2.05, 4.69) is 15.5 Å². The van der Waals surface area contributed by atoms with Crippen molar-refractivity contribution in [3.8, 4) is 6.07 Å². The number of nitrogen functional groups attached to an aromatic ring is 1. The molecule has 1 unspecified atom stereocenters. The van der Waals surface area contributed by atoms with Crippen molar-refractivity contribution in [3.05, 3.63) is 16.0 Å². The minimum atomic E-state index is -0.686. The molecule has 144 valence electrons. The summed E-state index contributed by atoms with van der Waals surface area (Å²) < 4.78 is 6.33. The molecule has 0 bridgehead atoms. The van der Waals surface area contributed by atoms with Gasteiger partial charge in [0.1, 0.15) is 11.0 Å². The quantitative estimate of drug-likeness (QED) is 0.527. The van der Waals surface area contributed by atoms with Gasteiger partial charge in [-0.15, -0.1) is 21.5 Å². The molecule has 0 aliphatic rings. The van der Waals surface area contributed by atoms with Crippen molar-refractivity contribution in [1.82, 2.24) is 14.8 Å². The molecule has 0 aliphatic heterocycles. The SMILES string of the molecule is CCC(C(=O)Nc1sc(C)c(C)c1C(=O)OC)n1c(N)nnc1SCC#N. The molecule has 0 aliphatic carbocycles. The van der Waals surface area contributed by atoms with Crippen LogP contribution in [0.1, 0.15) is 40.2 Å². The minimum absolute atomic E-state index is 0.0872. The average Bonchev–Trinajstić information content (AvgIpc) is 3.13. The summed E-state index contributed by atoms with van der Waals surface area (Å²) in [4.78, 5) is 25.9. The number of nitrogens with zero attached hydrogens (tertiary/aromatic N) is 4. The molecule has 0 saturated carbocycles. The van der Waals surface area contributed by atoms with Crippen LogP contribution >= 0.6 is 23.1 Å². The number of hydrogen-bond acceptors (Lipinski definition) is 9. The summed E-state index contributed by atoms with van der Waals surface area (Å²) >= 11 is 2.46. The Morgan fingerprint density at radius 1 is 1.44 bits per heavy atom. The molecule has 0 aromatic carbocycles. The van der Waals surface area contributed by atoms with E-state index in [1.807, 2.05) is 19.9 Å². The third kappa shape index (κ3) is 4.23. The van der Waals surface area contributed by atoms with Crippen molar-refractivity contribution in [2.24, 2.45) is 0 Å². The summed E-state index contributed by atoms with van der Waals surface area (Å²) in [6.07, 6.45) is 0.422. The lowest BCUT2D eigenvalue weighted by molar-refractivity contribution is -0.119. The van der Waals surface area contributed by atoms with Crippen LogP contribution in [0.5, 0.6) is 0 Å². The molecule has 2 aromatic rings. The Hall–Kier alpha value is -2.58. The molecule has 0 radical (unpaired) electrons. The fraction of sp³-hybridized carbons (Fsp3) is 0.438. The summed E-state index contributed by atoms with van der Waals surface area (Å²) in [7, 11) is 1.30. The number of anilines is 2. The Balaban J connectivity index is 2.35. The van der Waals surface area contributed by atoms with Crippen molar-refractivity contribution in [1.29, 1.82) is 5.26 Å². The molecule has 2 aromatic heterocycles. The largest absolute Gasteiger partial charge is 0.465 e. The van der Waals surface area contributed by atoms with Gasteiger partial charge in [-0.2, -0.15) is 5.26 Å². The number of methoxy groups -OCH3 is 1. The van der Waals surface area contributed by atoms with E-state index in [9.17, 15) is 9.59 Å². The number of aryl methyl sites for hydroxylation is 1. The highest BCUT2D eigenvalue weighted by Gasteiger charge is 2.28. The van der Waals surface area contributed by atoms with Crippen LogP contribution in [-0.2, 0) is 9.53 Å². The van der Waals surface area contributed by atoms with E-state index in [0.717, 1.165) is 22.2 Å². The number of rotatable bonds is 7. The smallest absolute Gasteiger partial charge is 0.341 e. The lowest BCUT2D eigenvalue weighted by Gasteiger charge is -2.18. The highest BCUT2D eigenvalue weighted by atomic mass is 32.2. The van der Waals surface area contributed by atoms with Gasteiger partial charge < -0.3 is 15.8 Å². The fourth-order valence-electron chi connectivity index (χ4n) is 2.52. The van der Waals surface area contributed by atoms with Crippen molar-refractivity contribution in [2.45, 2.75) is 38.4 Å². The Kier molecular flexibility index (Phi) is 6.81. The molecular weight excluding hydrogens is 388 g/mol. The van der Waals surface area contributed by atoms with Gasteiger partial charge in [-0.25, -0.2) is 4.79 Å². The first-order chi connectivity index (χ1) is 12.8. The summed E-state index contributed by atoms with van der Waals surface area (Å²) in [5, 5.41) is 20.2. The Bertz CT molecular complexity index is 899. The molecule has 3 N–H and O–H groups in total. The normalized spacial score (nSPS) is 11.7. The summed E-state index contributed by atoms with van der Waals surface area (Å²) in [5.41, 5.74) is 7.00. The predicted octanol–water partition coefficient (Wildman–Crippen LogP) is 2.53. The number of nitriles is 1. The highest BCUT2D eigenvalue weighted by molar-refractivity contribution is 7.99. The standard InChI is InChI=1S/C16H20N6O3S2/c1-5-10(22-15(18)20-21-16(22)26-7-6-17)12(23)19-13-11(14(24)25-4)8(2)9(3)27-13/h10H,5,7H2,1-4H3,(H2,18,20)(H,19,23). The maximum atomic E-state index is 12.9. The number of thioether (sulfide) groups is 1. The molecule has 2 rings (SSSR count). The Morgan fingerprint density at radius 3 is 2.74 bits per heavy atom. The Labute approximate surface area is 164 Å². The highest BCUT2D eigenvalue weighted by Crippen LogP contribution is 2.34. The van der Waals surface area contributed by atoms with Crippen LogP contribution in [0.2, 0.25) is 0 Å². The number of hydrogen-bond donors (Lipinski definition) is 2. The molecule has 2 heterocycles. The maximum Gasteiger partial charge on any atom is 0.341 e. The number of carbonyl (C=O) groups excluding carboxylic acids is 2. The van der Waals surface area contributed by atoms with Crippen LogP contribution in [0.15, 0.2) is 5.16 Å². The average molecular weight is 409 g/mol. The first kappa shape index (κ1) is 20.7. The van der Waals surface area contributed by atoms with Gasteiger partial charge in [0.25, 0.3) is 0 Å². The molecule has 0 spiro atoms. The molecule has 1 atom stereocenters. The summed E-state index contributed by atoms with van der Waals surface area (Å²) in [6, 6.07) is 1.32. The van der Waals surface area contributed by atoms with Crippen molar-refractivity contribution in [2.75, 3.05) is 23.9 Å². The van der Waals surface area contributed by atoms with Gasteiger partial charge in [0.2, 0.25) is 11.9 Å². The number of ether oxygens (including phenoxy) is 1. The first-order valence-electron chi connectivity index (χ1n) is 8.04. The van der Waals surface area contributed by atoms with E-state index in [4.69, 9.17) is 15.7 Å². The van der Waals surface area contributed by atoms with Crippen LogP contribution in [0.3, 0.4) is 0 Å². The van der Waals surface area contributed by atoms with Crippen LogP contribution < -0.4 is 11.1 Å². The van der Waals surface area contributed by atoms with Gasteiger partial charge >= 0.3 is 5.97 Å². The topological polar surface area (TPSA) is 136 Å². The number of amides is 1. The zero-order valence-corrected chi connectivity index (χ0v) is 17.0. The second-order valence-corrected chi connectivity index (χ2v) is 7.72. The summed E-state index contributed by atoms with van der Waals surface area (Å²) in [6.45, 7) is 5.50. The fourth-order valence-corrected chi connectivity index (χ4v) is 4.22. The minimum Gasteiger partial charge on any atom is -0.465 e. The number of thiophene rings is 1. The van der Waals surface area contributed by atoms with Crippen molar-refractivity contribution >= 4 is 45.9 Å². The van der Waals surface area contributed by atoms with Gasteiger partial charge in [0, 0.05) is 4.88 Å². The number of carbonyl (C=O) groups is 2. The third-order valence-electron chi connectivity index (χ3n) is 3.97.